The molecule has 2 fully saturated rings. The van der Waals surface area contributed by atoms with Gasteiger partial charge < -0.3 is 20.2 Å². The summed E-state index contributed by atoms with van der Waals surface area (Å²) in [5.41, 5.74) is 0.518. The fourth-order valence-electron chi connectivity index (χ4n) is 4.50. The molecule has 1 saturated carbocycles. The molecule has 0 amide bonds. The van der Waals surface area contributed by atoms with E-state index < -0.39 is 10.8 Å². The monoisotopic (exact) mass is 477 g/mol. The van der Waals surface area contributed by atoms with Crippen LogP contribution in [0.4, 0.5) is 17.7 Å². The van der Waals surface area contributed by atoms with Crippen LogP contribution in [0.2, 0.25) is 5.02 Å². The van der Waals surface area contributed by atoms with Gasteiger partial charge in [0.1, 0.15) is 10.7 Å². The fourth-order valence-corrected chi connectivity index (χ4v) is 5.99. The summed E-state index contributed by atoms with van der Waals surface area (Å²) in [5.74, 6) is 2.61. The second-order valence-electron chi connectivity index (χ2n) is 8.75. The van der Waals surface area contributed by atoms with E-state index in [0.29, 0.717) is 28.5 Å². The first-order chi connectivity index (χ1) is 15.6. The average molecular weight is 478 g/mol. The molecular weight excluding hydrogens is 450 g/mol. The molecule has 1 saturated heterocycles. The summed E-state index contributed by atoms with van der Waals surface area (Å²) in [6.45, 7) is 3.01. The van der Waals surface area contributed by atoms with Crippen LogP contribution in [0.15, 0.2) is 17.3 Å². The number of aliphatic hydroxyl groups is 1. The zero-order valence-electron chi connectivity index (χ0n) is 18.0. The Balaban J connectivity index is 1.40. The molecule has 11 heteroatoms. The number of hydrogen-bond acceptors (Lipinski definition) is 9. The molecule has 1 atom stereocenters. The smallest absolute Gasteiger partial charge is 0.227 e. The van der Waals surface area contributed by atoms with Gasteiger partial charge in [-0.15, -0.1) is 0 Å². The third-order valence-electron chi connectivity index (χ3n) is 6.59. The van der Waals surface area contributed by atoms with Crippen molar-refractivity contribution in [2.24, 2.45) is 0 Å². The van der Waals surface area contributed by atoms with Crippen LogP contribution in [0.3, 0.4) is 0 Å². The van der Waals surface area contributed by atoms with E-state index in [-0.39, 0.29) is 12.1 Å². The maximum atomic E-state index is 13.0. The molecule has 2 aromatic heterocycles. The number of fused-ring (bicyclic) bond motifs is 1. The number of nitrogens with one attached hydrogen (secondary N) is 1. The Morgan fingerprint density at radius 2 is 1.72 bits per heavy atom. The Morgan fingerprint density at radius 3 is 2.34 bits per heavy atom. The first-order valence-corrected chi connectivity index (χ1v) is 12.9. The number of aliphatic hydroxyl groups excluding tert-OH is 1. The van der Waals surface area contributed by atoms with Gasteiger partial charge in [-0.1, -0.05) is 11.6 Å². The first-order valence-electron chi connectivity index (χ1n) is 11.2. The lowest BCUT2D eigenvalue weighted by Crippen LogP contribution is -2.49. The standard InChI is InChI=1S/C21H28ClN7O2S/c22-15-12-23-19(24-13-15)28-7-9-29(10-8-28)20-25-16-4-1-2-11-32(31)17(16)18(26-20)27-21(14-30)5-3-6-21/h12-13,30H,1-11,14H2,(H,25,26,27)/t32-/m0/s1. The lowest BCUT2D eigenvalue weighted by Gasteiger charge is -2.42. The van der Waals surface area contributed by atoms with E-state index in [1.165, 1.54) is 0 Å². The highest BCUT2D eigenvalue weighted by molar-refractivity contribution is 7.85. The summed E-state index contributed by atoms with van der Waals surface area (Å²) in [4.78, 5) is 23.4. The maximum Gasteiger partial charge on any atom is 0.227 e. The zero-order valence-corrected chi connectivity index (χ0v) is 19.5. The van der Waals surface area contributed by atoms with E-state index >= 15 is 0 Å². The van der Waals surface area contributed by atoms with Crippen LogP contribution in [0, 0.1) is 0 Å². The zero-order chi connectivity index (χ0) is 22.1. The second-order valence-corrected chi connectivity index (χ2v) is 10.7. The molecule has 2 aromatic rings. The molecule has 2 aliphatic heterocycles. The SMILES string of the molecule is O=[S@]1CCCCc2nc(N3CCN(c4ncc(Cl)cn4)CC3)nc(NC3(CO)CCC3)c21. The largest absolute Gasteiger partial charge is 0.394 e. The van der Waals surface area contributed by atoms with Gasteiger partial charge in [-0.2, -0.15) is 4.98 Å². The van der Waals surface area contributed by atoms with Crippen LogP contribution >= 0.6 is 11.6 Å². The molecule has 1 aliphatic carbocycles. The molecular formula is C21H28ClN7O2S. The third kappa shape index (κ3) is 4.27. The van der Waals surface area contributed by atoms with Crippen LogP contribution in [-0.2, 0) is 17.2 Å². The van der Waals surface area contributed by atoms with Crippen molar-refractivity contribution in [2.75, 3.05) is 53.7 Å². The molecule has 0 bridgehead atoms. The number of hydrogen-bond donors (Lipinski definition) is 2. The van der Waals surface area contributed by atoms with E-state index in [1.807, 2.05) is 0 Å². The molecule has 0 radical (unpaired) electrons. The minimum atomic E-state index is -1.13. The number of piperazine rings is 1. The number of aryl methyl sites for hydroxylation is 1. The molecule has 172 valence electrons. The van der Waals surface area contributed by atoms with Crippen molar-refractivity contribution in [1.82, 2.24) is 19.9 Å². The summed E-state index contributed by atoms with van der Waals surface area (Å²) >= 11 is 5.91. The normalized spacial score (nSPS) is 22.6. The number of rotatable bonds is 5. The van der Waals surface area contributed by atoms with Crippen molar-refractivity contribution in [3.05, 3.63) is 23.1 Å². The lowest BCUT2D eigenvalue weighted by molar-refractivity contribution is 0.143. The highest BCUT2D eigenvalue weighted by Gasteiger charge is 2.38. The first kappa shape index (κ1) is 21.8. The third-order valence-corrected chi connectivity index (χ3v) is 8.33. The molecule has 3 aliphatic rings. The predicted octanol–water partition coefficient (Wildman–Crippen LogP) is 2.02. The second kappa shape index (κ2) is 9.07. The molecule has 0 unspecified atom stereocenters. The molecule has 4 heterocycles. The van der Waals surface area contributed by atoms with Crippen LogP contribution in [-0.4, -0.2) is 73.3 Å². The molecule has 32 heavy (non-hydrogen) atoms. The van der Waals surface area contributed by atoms with E-state index in [9.17, 15) is 9.32 Å². The number of nitrogens with zero attached hydrogens (tertiary/aromatic N) is 6. The average Bonchev–Trinajstić information content (AvgIpc) is 2.98. The minimum Gasteiger partial charge on any atom is -0.394 e. The Labute approximate surface area is 195 Å². The minimum absolute atomic E-state index is 0.0491. The fraction of sp³-hybridized carbons (Fsp3) is 0.619. The van der Waals surface area contributed by atoms with Crippen molar-refractivity contribution >= 4 is 40.1 Å². The quantitative estimate of drug-likeness (QED) is 0.668. The Morgan fingerprint density at radius 1 is 1.03 bits per heavy atom. The lowest BCUT2D eigenvalue weighted by atomic mass is 9.77. The molecule has 5 rings (SSSR count). The Kier molecular flexibility index (Phi) is 6.18. The maximum absolute atomic E-state index is 13.0. The topological polar surface area (TPSA) is 107 Å². The molecule has 0 spiro atoms. The summed E-state index contributed by atoms with van der Waals surface area (Å²) in [7, 11) is -1.13. The van der Waals surface area contributed by atoms with E-state index in [4.69, 9.17) is 21.6 Å². The predicted molar refractivity (Wildman–Crippen MR) is 125 cm³/mol. The van der Waals surface area contributed by atoms with Crippen LogP contribution in [0.25, 0.3) is 0 Å². The van der Waals surface area contributed by atoms with Crippen molar-refractivity contribution < 1.29 is 9.32 Å². The van der Waals surface area contributed by atoms with E-state index in [1.54, 1.807) is 12.4 Å². The van der Waals surface area contributed by atoms with Crippen LogP contribution in [0.5, 0.6) is 0 Å². The van der Waals surface area contributed by atoms with Crippen molar-refractivity contribution in [3.63, 3.8) is 0 Å². The van der Waals surface area contributed by atoms with Crippen molar-refractivity contribution in [2.45, 2.75) is 49.0 Å². The Bertz CT molecular complexity index is 989. The van der Waals surface area contributed by atoms with Gasteiger partial charge in [-0.25, -0.2) is 15.0 Å². The summed E-state index contributed by atoms with van der Waals surface area (Å²) in [6, 6.07) is 0. The van der Waals surface area contributed by atoms with Gasteiger partial charge in [0.15, 0.2) is 0 Å². The highest BCUT2D eigenvalue weighted by atomic mass is 35.5. The summed E-state index contributed by atoms with van der Waals surface area (Å²) in [5, 5.41) is 14.0. The van der Waals surface area contributed by atoms with Crippen LogP contribution in [0.1, 0.15) is 37.8 Å². The van der Waals surface area contributed by atoms with E-state index in [0.717, 1.165) is 75.3 Å². The number of anilines is 3. The summed E-state index contributed by atoms with van der Waals surface area (Å²) in [6.07, 6.45) is 8.78. The number of aromatic nitrogens is 4. The summed E-state index contributed by atoms with van der Waals surface area (Å²) < 4.78 is 13.0. The highest BCUT2D eigenvalue weighted by Crippen LogP contribution is 2.38. The molecule has 0 aromatic carbocycles. The van der Waals surface area contributed by atoms with Crippen LogP contribution < -0.4 is 15.1 Å². The van der Waals surface area contributed by atoms with Gasteiger partial charge in [-0.05, 0) is 38.5 Å². The van der Waals surface area contributed by atoms with Crippen molar-refractivity contribution in [3.8, 4) is 0 Å². The van der Waals surface area contributed by atoms with E-state index in [2.05, 4.69) is 25.1 Å². The van der Waals surface area contributed by atoms with Gasteiger partial charge in [0.2, 0.25) is 11.9 Å². The number of halogens is 1. The molecule has 2 N–H and O–H groups in total. The van der Waals surface area contributed by atoms with Gasteiger partial charge in [0, 0.05) is 31.9 Å². The Hall–Kier alpha value is -2.04. The van der Waals surface area contributed by atoms with Gasteiger partial charge in [-0.3, -0.25) is 4.21 Å². The van der Waals surface area contributed by atoms with Gasteiger partial charge in [0.25, 0.3) is 0 Å². The van der Waals surface area contributed by atoms with Gasteiger partial charge >= 0.3 is 0 Å². The molecule has 9 nitrogen and oxygen atoms in total. The van der Waals surface area contributed by atoms with Gasteiger partial charge in [0.05, 0.1) is 46.1 Å². The van der Waals surface area contributed by atoms with Crippen molar-refractivity contribution in [1.29, 1.82) is 0 Å².